The van der Waals surface area contributed by atoms with Crippen molar-refractivity contribution in [1.29, 1.82) is 0 Å². The summed E-state index contributed by atoms with van der Waals surface area (Å²) in [5.41, 5.74) is 1.07. The molecule has 0 fully saturated rings. The fourth-order valence-corrected chi connectivity index (χ4v) is 3.37. The number of esters is 2. The summed E-state index contributed by atoms with van der Waals surface area (Å²) < 4.78 is 17.0. The molecule has 0 unspecified atom stereocenters. The molecule has 0 aliphatic carbocycles. The number of ether oxygens (including phenoxy) is 3. The molecule has 0 aliphatic heterocycles. The first kappa shape index (κ1) is 30.3. The van der Waals surface area contributed by atoms with E-state index in [2.05, 4.69) is 13.2 Å². The lowest BCUT2D eigenvalue weighted by atomic mass is 9.95. The molecule has 6 nitrogen and oxygen atoms in total. The van der Waals surface area contributed by atoms with Gasteiger partial charge in [-0.15, -0.1) is 13.2 Å². The first-order chi connectivity index (χ1) is 17.7. The zero-order valence-electron chi connectivity index (χ0n) is 23.5. The van der Waals surface area contributed by atoms with Crippen LogP contribution in [0, 0.1) is 10.8 Å². The Labute approximate surface area is 226 Å². The van der Waals surface area contributed by atoms with Crippen LogP contribution in [0.2, 0.25) is 0 Å². The summed E-state index contributed by atoms with van der Waals surface area (Å²) in [5, 5.41) is 0. The average molecular weight is 519 g/mol. The highest BCUT2D eigenvalue weighted by atomic mass is 16.5. The number of benzene rings is 2. The van der Waals surface area contributed by atoms with Crippen molar-refractivity contribution in [3.63, 3.8) is 0 Å². The minimum absolute atomic E-state index is 0.284. The SMILES string of the molecule is C=CCc1cc(CC=C)c(OC(=O)C(C)(C)C)c(/C=C/C(=O)c2ccc(OC(=O)C(C)(C)C)cc2)c1OC. The van der Waals surface area contributed by atoms with Gasteiger partial charge in [0.2, 0.25) is 0 Å². The van der Waals surface area contributed by atoms with E-state index in [9.17, 15) is 14.4 Å². The normalized spacial score (nSPS) is 11.7. The van der Waals surface area contributed by atoms with Crippen LogP contribution in [0.25, 0.3) is 6.08 Å². The molecule has 2 aromatic rings. The predicted octanol–water partition coefficient (Wildman–Crippen LogP) is 6.95. The summed E-state index contributed by atoms with van der Waals surface area (Å²) in [5.74, 6) is 0.104. The number of carbonyl (C=O) groups is 3. The summed E-state index contributed by atoms with van der Waals surface area (Å²) >= 11 is 0. The quantitative estimate of drug-likeness (QED) is 0.111. The van der Waals surface area contributed by atoms with E-state index in [1.807, 2.05) is 6.07 Å². The molecule has 0 amide bonds. The van der Waals surface area contributed by atoms with Crippen LogP contribution in [-0.4, -0.2) is 24.8 Å². The van der Waals surface area contributed by atoms with Crippen molar-refractivity contribution in [2.45, 2.75) is 54.4 Å². The Hall–Kier alpha value is -3.93. The van der Waals surface area contributed by atoms with Crippen LogP contribution in [-0.2, 0) is 22.4 Å². The minimum Gasteiger partial charge on any atom is -0.496 e. The van der Waals surface area contributed by atoms with Gasteiger partial charge in [-0.25, -0.2) is 0 Å². The Kier molecular flexibility index (Phi) is 10.0. The van der Waals surface area contributed by atoms with Crippen LogP contribution >= 0.6 is 0 Å². The zero-order valence-corrected chi connectivity index (χ0v) is 23.5. The fourth-order valence-electron chi connectivity index (χ4n) is 3.37. The molecule has 0 N–H and O–H groups in total. The third-order valence-electron chi connectivity index (χ3n) is 5.52. The number of ketones is 1. The number of rotatable bonds is 10. The number of allylic oxidation sites excluding steroid dienone is 3. The van der Waals surface area contributed by atoms with Gasteiger partial charge in [0.1, 0.15) is 17.2 Å². The lowest BCUT2D eigenvalue weighted by molar-refractivity contribution is -0.143. The van der Waals surface area contributed by atoms with Crippen LogP contribution in [0.3, 0.4) is 0 Å². The second-order valence-electron chi connectivity index (χ2n) is 11.0. The first-order valence-electron chi connectivity index (χ1n) is 12.4. The summed E-state index contributed by atoms with van der Waals surface area (Å²) in [4.78, 5) is 38.0. The van der Waals surface area contributed by atoms with E-state index < -0.39 is 16.8 Å². The third kappa shape index (κ3) is 7.78. The van der Waals surface area contributed by atoms with Crippen LogP contribution in [0.15, 0.2) is 61.7 Å². The van der Waals surface area contributed by atoms with Gasteiger partial charge >= 0.3 is 11.9 Å². The van der Waals surface area contributed by atoms with Crippen LogP contribution in [0.4, 0.5) is 0 Å². The molecular weight excluding hydrogens is 480 g/mol. The fraction of sp³-hybridized carbons (Fsp3) is 0.344. The van der Waals surface area contributed by atoms with E-state index in [-0.39, 0.29) is 11.8 Å². The Bertz CT molecular complexity index is 1230. The molecule has 0 saturated carbocycles. The molecular formula is C32H38O6. The van der Waals surface area contributed by atoms with Gasteiger partial charge < -0.3 is 14.2 Å². The smallest absolute Gasteiger partial charge is 0.316 e. The molecule has 0 aliphatic rings. The van der Waals surface area contributed by atoms with Crippen LogP contribution in [0.1, 0.15) is 68.6 Å². The van der Waals surface area contributed by atoms with Gasteiger partial charge in [-0.3, -0.25) is 14.4 Å². The van der Waals surface area contributed by atoms with Gasteiger partial charge in [-0.05, 0) is 108 Å². The highest BCUT2D eigenvalue weighted by molar-refractivity contribution is 6.07. The van der Waals surface area contributed by atoms with E-state index in [1.165, 1.54) is 13.2 Å². The van der Waals surface area contributed by atoms with Gasteiger partial charge in [0.05, 0.1) is 23.5 Å². The van der Waals surface area contributed by atoms with Crippen molar-refractivity contribution >= 4 is 23.8 Å². The molecule has 0 spiro atoms. The van der Waals surface area contributed by atoms with Crippen molar-refractivity contribution in [2.75, 3.05) is 7.11 Å². The van der Waals surface area contributed by atoms with E-state index in [1.54, 1.807) is 84.0 Å². The second kappa shape index (κ2) is 12.5. The van der Waals surface area contributed by atoms with Gasteiger partial charge in [-0.1, -0.05) is 12.2 Å². The second-order valence-corrected chi connectivity index (χ2v) is 11.0. The number of hydrogen-bond donors (Lipinski definition) is 0. The molecule has 6 heteroatoms. The van der Waals surface area contributed by atoms with E-state index in [0.29, 0.717) is 41.2 Å². The van der Waals surface area contributed by atoms with E-state index in [0.717, 1.165) is 11.1 Å². The van der Waals surface area contributed by atoms with Gasteiger partial charge in [0.25, 0.3) is 0 Å². The molecule has 0 saturated heterocycles. The summed E-state index contributed by atoms with van der Waals surface area (Å²) in [6.45, 7) is 18.3. The summed E-state index contributed by atoms with van der Waals surface area (Å²) in [6, 6.07) is 8.24. The largest absolute Gasteiger partial charge is 0.496 e. The zero-order chi connectivity index (χ0) is 28.7. The average Bonchev–Trinajstić information content (AvgIpc) is 2.83. The third-order valence-corrected chi connectivity index (χ3v) is 5.52. The topological polar surface area (TPSA) is 78.9 Å². The lowest BCUT2D eigenvalue weighted by Crippen LogP contribution is -2.26. The predicted molar refractivity (Wildman–Crippen MR) is 151 cm³/mol. The standard InChI is InChI=1S/C32H38O6/c1-10-12-22-20-23(13-11-2)28(38-30(35)32(6,7)8)25(27(22)36-9)18-19-26(33)21-14-16-24(17-15-21)37-29(34)31(3,4)5/h10-11,14-20H,1-2,12-13H2,3-9H3/b19-18+. The van der Waals surface area contributed by atoms with Crippen LogP contribution < -0.4 is 14.2 Å². The van der Waals surface area contributed by atoms with Gasteiger partial charge in [0, 0.05) is 5.56 Å². The molecule has 0 aromatic heterocycles. The Morgan fingerprint density at radius 1 is 0.789 bits per heavy atom. The number of methoxy groups -OCH3 is 1. The van der Waals surface area contributed by atoms with Crippen LogP contribution in [0.5, 0.6) is 17.2 Å². The highest BCUT2D eigenvalue weighted by Gasteiger charge is 2.27. The molecule has 202 valence electrons. The maximum atomic E-state index is 13.0. The van der Waals surface area contributed by atoms with Crippen molar-refractivity contribution in [3.05, 3.63) is 84.0 Å². The Morgan fingerprint density at radius 3 is 1.76 bits per heavy atom. The van der Waals surface area contributed by atoms with Gasteiger partial charge in [-0.2, -0.15) is 0 Å². The molecule has 2 rings (SSSR count). The molecule has 0 atom stereocenters. The maximum absolute atomic E-state index is 13.0. The van der Waals surface area contributed by atoms with E-state index in [4.69, 9.17) is 14.2 Å². The first-order valence-corrected chi connectivity index (χ1v) is 12.4. The summed E-state index contributed by atoms with van der Waals surface area (Å²) in [6.07, 6.45) is 7.44. The number of hydrogen-bond acceptors (Lipinski definition) is 6. The van der Waals surface area contributed by atoms with E-state index >= 15 is 0 Å². The summed E-state index contributed by atoms with van der Waals surface area (Å²) in [7, 11) is 1.53. The molecule has 0 heterocycles. The van der Waals surface area contributed by atoms with Crippen molar-refractivity contribution in [3.8, 4) is 17.2 Å². The molecule has 38 heavy (non-hydrogen) atoms. The number of carbonyl (C=O) groups excluding carboxylic acids is 3. The highest BCUT2D eigenvalue weighted by Crippen LogP contribution is 2.39. The van der Waals surface area contributed by atoms with Crippen molar-refractivity contribution in [1.82, 2.24) is 0 Å². The van der Waals surface area contributed by atoms with Crippen molar-refractivity contribution < 1.29 is 28.6 Å². The minimum atomic E-state index is -0.743. The Morgan fingerprint density at radius 2 is 1.29 bits per heavy atom. The van der Waals surface area contributed by atoms with Crippen molar-refractivity contribution in [2.24, 2.45) is 10.8 Å². The maximum Gasteiger partial charge on any atom is 0.316 e. The molecule has 0 radical (unpaired) electrons. The molecule has 2 aromatic carbocycles. The molecule has 0 bridgehead atoms. The lowest BCUT2D eigenvalue weighted by Gasteiger charge is -2.22. The monoisotopic (exact) mass is 518 g/mol. The Balaban J connectivity index is 2.52. The van der Waals surface area contributed by atoms with Gasteiger partial charge in [0.15, 0.2) is 5.78 Å².